The van der Waals surface area contributed by atoms with Crippen molar-refractivity contribution in [1.29, 1.82) is 0 Å². The van der Waals surface area contributed by atoms with Gasteiger partial charge in [-0.25, -0.2) is 9.97 Å². The van der Waals surface area contributed by atoms with Gasteiger partial charge in [-0.05, 0) is 5.92 Å². The molecule has 1 rings (SSSR count). The Balaban J connectivity index is 2.88. The van der Waals surface area contributed by atoms with Crippen molar-refractivity contribution < 1.29 is 9.84 Å². The largest absolute Gasteiger partial charge is 0.481 e. The topological polar surface area (TPSA) is 55.2 Å². The highest BCUT2D eigenvalue weighted by molar-refractivity contribution is 5.15. The van der Waals surface area contributed by atoms with E-state index in [9.17, 15) is 5.11 Å². The molecule has 1 aromatic rings. The van der Waals surface area contributed by atoms with Crippen LogP contribution in [0.2, 0.25) is 0 Å². The van der Waals surface area contributed by atoms with Crippen LogP contribution in [0.5, 0.6) is 5.88 Å². The minimum Gasteiger partial charge on any atom is -0.481 e. The van der Waals surface area contributed by atoms with Gasteiger partial charge in [0, 0.05) is 6.07 Å². The predicted molar refractivity (Wildman–Crippen MR) is 48.4 cm³/mol. The summed E-state index contributed by atoms with van der Waals surface area (Å²) in [6, 6.07) is 1.64. The molecule has 1 heterocycles. The lowest BCUT2D eigenvalue weighted by Crippen LogP contribution is -2.08. The number of methoxy groups -OCH3 is 1. The molecule has 4 heteroatoms. The maximum Gasteiger partial charge on any atom is 0.216 e. The molecule has 0 saturated heterocycles. The van der Waals surface area contributed by atoms with Crippen molar-refractivity contribution in [1.82, 2.24) is 9.97 Å². The van der Waals surface area contributed by atoms with Crippen LogP contribution in [0.15, 0.2) is 12.4 Å². The SMILES string of the molecule is COc1cc(C(O)C(C)C)ncn1. The van der Waals surface area contributed by atoms with Gasteiger partial charge in [0.1, 0.15) is 6.33 Å². The van der Waals surface area contributed by atoms with Crippen LogP contribution in [0.3, 0.4) is 0 Å². The van der Waals surface area contributed by atoms with Crippen molar-refractivity contribution in [2.75, 3.05) is 7.11 Å². The van der Waals surface area contributed by atoms with Gasteiger partial charge in [0.05, 0.1) is 18.9 Å². The highest BCUT2D eigenvalue weighted by Gasteiger charge is 2.13. The third kappa shape index (κ3) is 2.39. The monoisotopic (exact) mass is 182 g/mol. The number of rotatable bonds is 3. The first kappa shape index (κ1) is 9.92. The van der Waals surface area contributed by atoms with E-state index in [0.29, 0.717) is 11.6 Å². The molecule has 72 valence electrons. The molecule has 0 saturated carbocycles. The molecule has 0 aliphatic carbocycles. The van der Waals surface area contributed by atoms with E-state index in [1.165, 1.54) is 13.4 Å². The van der Waals surface area contributed by atoms with Crippen molar-refractivity contribution in [3.8, 4) is 5.88 Å². The summed E-state index contributed by atoms with van der Waals surface area (Å²) in [6.07, 6.45) is 0.830. The van der Waals surface area contributed by atoms with Gasteiger partial charge in [-0.3, -0.25) is 0 Å². The lowest BCUT2D eigenvalue weighted by atomic mass is 10.0. The second kappa shape index (κ2) is 4.18. The van der Waals surface area contributed by atoms with Gasteiger partial charge >= 0.3 is 0 Å². The molecule has 0 fully saturated rings. The quantitative estimate of drug-likeness (QED) is 0.762. The Morgan fingerprint density at radius 2 is 2.08 bits per heavy atom. The molecule has 0 aromatic carbocycles. The molecule has 0 bridgehead atoms. The molecule has 0 amide bonds. The maximum atomic E-state index is 9.67. The second-order valence-electron chi connectivity index (χ2n) is 3.17. The van der Waals surface area contributed by atoms with Crippen molar-refractivity contribution in [2.24, 2.45) is 5.92 Å². The van der Waals surface area contributed by atoms with E-state index in [0.717, 1.165) is 0 Å². The normalized spacial score (nSPS) is 13.0. The first-order valence-electron chi connectivity index (χ1n) is 4.19. The van der Waals surface area contributed by atoms with Crippen LogP contribution < -0.4 is 4.74 Å². The number of aliphatic hydroxyl groups excluding tert-OH is 1. The van der Waals surface area contributed by atoms with Gasteiger partial charge in [0.25, 0.3) is 0 Å². The number of aliphatic hydroxyl groups is 1. The van der Waals surface area contributed by atoms with E-state index >= 15 is 0 Å². The van der Waals surface area contributed by atoms with Crippen molar-refractivity contribution in [3.63, 3.8) is 0 Å². The molecule has 0 aliphatic rings. The first-order chi connectivity index (χ1) is 6.15. The molecule has 1 N–H and O–H groups in total. The van der Waals surface area contributed by atoms with Gasteiger partial charge in [-0.1, -0.05) is 13.8 Å². The van der Waals surface area contributed by atoms with Crippen LogP contribution in [0.1, 0.15) is 25.6 Å². The van der Waals surface area contributed by atoms with Crippen molar-refractivity contribution in [2.45, 2.75) is 20.0 Å². The number of ether oxygens (including phenoxy) is 1. The van der Waals surface area contributed by atoms with E-state index in [4.69, 9.17) is 4.74 Å². The first-order valence-corrected chi connectivity index (χ1v) is 4.19. The summed E-state index contributed by atoms with van der Waals surface area (Å²) in [5, 5.41) is 9.67. The van der Waals surface area contributed by atoms with Gasteiger partial charge in [0.15, 0.2) is 0 Å². The van der Waals surface area contributed by atoms with E-state index in [1.807, 2.05) is 13.8 Å². The highest BCUT2D eigenvalue weighted by Crippen LogP contribution is 2.20. The maximum absolute atomic E-state index is 9.67. The predicted octanol–water partition coefficient (Wildman–Crippen LogP) is 1.17. The van der Waals surface area contributed by atoms with Crippen LogP contribution in [0.4, 0.5) is 0 Å². The molecular weight excluding hydrogens is 168 g/mol. The Hall–Kier alpha value is -1.16. The fourth-order valence-electron chi connectivity index (χ4n) is 0.968. The van der Waals surface area contributed by atoms with E-state index in [-0.39, 0.29) is 5.92 Å². The van der Waals surface area contributed by atoms with Crippen LogP contribution in [-0.2, 0) is 0 Å². The molecule has 0 radical (unpaired) electrons. The summed E-state index contributed by atoms with van der Waals surface area (Å²) in [5.74, 6) is 0.615. The third-order valence-corrected chi connectivity index (χ3v) is 1.81. The summed E-state index contributed by atoms with van der Waals surface area (Å²) in [4.78, 5) is 7.82. The minimum atomic E-state index is -0.558. The van der Waals surface area contributed by atoms with E-state index in [1.54, 1.807) is 6.07 Å². The molecule has 4 nitrogen and oxygen atoms in total. The lowest BCUT2D eigenvalue weighted by molar-refractivity contribution is 0.122. The Kier molecular flexibility index (Phi) is 3.19. The summed E-state index contributed by atoms with van der Waals surface area (Å²) in [5.41, 5.74) is 0.599. The zero-order valence-corrected chi connectivity index (χ0v) is 8.06. The Bertz CT molecular complexity index is 276. The fourth-order valence-corrected chi connectivity index (χ4v) is 0.968. The van der Waals surface area contributed by atoms with Crippen LogP contribution in [-0.4, -0.2) is 22.2 Å². The Morgan fingerprint density at radius 1 is 1.38 bits per heavy atom. The van der Waals surface area contributed by atoms with Gasteiger partial charge < -0.3 is 9.84 Å². The fraction of sp³-hybridized carbons (Fsp3) is 0.556. The zero-order valence-electron chi connectivity index (χ0n) is 8.06. The number of hydrogen-bond acceptors (Lipinski definition) is 4. The van der Waals surface area contributed by atoms with Crippen molar-refractivity contribution in [3.05, 3.63) is 18.1 Å². The minimum absolute atomic E-state index is 0.139. The standard InChI is InChI=1S/C9H14N2O2/c1-6(2)9(12)7-4-8(13-3)11-5-10-7/h4-6,9,12H,1-3H3. The molecule has 13 heavy (non-hydrogen) atoms. The molecule has 1 unspecified atom stereocenters. The smallest absolute Gasteiger partial charge is 0.216 e. The van der Waals surface area contributed by atoms with Gasteiger partial charge in [0.2, 0.25) is 5.88 Å². The average Bonchev–Trinajstić information content (AvgIpc) is 2.16. The lowest BCUT2D eigenvalue weighted by Gasteiger charge is -2.13. The zero-order chi connectivity index (χ0) is 9.84. The summed E-state index contributed by atoms with van der Waals surface area (Å²) >= 11 is 0. The molecule has 0 spiro atoms. The molecule has 1 atom stereocenters. The van der Waals surface area contributed by atoms with Gasteiger partial charge in [-0.2, -0.15) is 0 Å². The van der Waals surface area contributed by atoms with Gasteiger partial charge in [-0.15, -0.1) is 0 Å². The van der Waals surface area contributed by atoms with Crippen molar-refractivity contribution >= 4 is 0 Å². The van der Waals surface area contributed by atoms with E-state index in [2.05, 4.69) is 9.97 Å². The number of nitrogens with zero attached hydrogens (tertiary/aromatic N) is 2. The third-order valence-electron chi connectivity index (χ3n) is 1.81. The van der Waals surface area contributed by atoms with Crippen LogP contribution in [0, 0.1) is 5.92 Å². The Labute approximate surface area is 77.6 Å². The number of aromatic nitrogens is 2. The van der Waals surface area contributed by atoms with Crippen LogP contribution >= 0.6 is 0 Å². The molecular formula is C9H14N2O2. The molecule has 1 aromatic heterocycles. The molecule has 0 aliphatic heterocycles. The Morgan fingerprint density at radius 3 is 2.62 bits per heavy atom. The summed E-state index contributed by atoms with van der Waals surface area (Å²) < 4.78 is 4.92. The average molecular weight is 182 g/mol. The second-order valence-corrected chi connectivity index (χ2v) is 3.17. The summed E-state index contributed by atoms with van der Waals surface area (Å²) in [7, 11) is 1.54. The number of hydrogen-bond donors (Lipinski definition) is 1. The highest BCUT2D eigenvalue weighted by atomic mass is 16.5. The van der Waals surface area contributed by atoms with Crippen LogP contribution in [0.25, 0.3) is 0 Å². The van der Waals surface area contributed by atoms with E-state index < -0.39 is 6.10 Å². The summed E-state index contributed by atoms with van der Waals surface area (Å²) in [6.45, 7) is 3.86.